The molecule has 0 radical (unpaired) electrons. The normalized spacial score (nSPS) is 19.7. The van der Waals surface area contributed by atoms with Crippen molar-refractivity contribution in [1.82, 2.24) is 30.5 Å². The van der Waals surface area contributed by atoms with E-state index in [0.29, 0.717) is 17.5 Å². The second kappa shape index (κ2) is 8.45. The molecular weight excluding hydrogens is 468 g/mol. The molecule has 3 heterocycles. The number of hydrogen-bond acceptors (Lipinski definition) is 5. The highest BCUT2D eigenvalue weighted by Gasteiger charge is 2.42. The monoisotopic (exact) mass is 488 g/mol. The Bertz CT molecular complexity index is 1320. The van der Waals surface area contributed by atoms with Crippen molar-refractivity contribution in [2.75, 3.05) is 6.54 Å². The van der Waals surface area contributed by atoms with Crippen LogP contribution in [0.4, 0.5) is 17.6 Å². The van der Waals surface area contributed by atoms with Gasteiger partial charge in [-0.3, -0.25) is 15.0 Å². The number of nitrogens with one attached hydrogen (secondary N) is 2. The highest BCUT2D eigenvalue weighted by atomic mass is 19.4. The number of hydrazine groups is 1. The van der Waals surface area contributed by atoms with Crippen molar-refractivity contribution >= 4 is 11.8 Å². The molecule has 2 aromatic carbocycles. The number of carbonyl (C=O) groups is 2. The molecule has 0 saturated heterocycles. The van der Waals surface area contributed by atoms with Crippen molar-refractivity contribution in [1.29, 1.82) is 0 Å². The van der Waals surface area contributed by atoms with E-state index in [1.54, 1.807) is 18.2 Å². The molecular formula is C23H20F4N6O2. The highest BCUT2D eigenvalue weighted by molar-refractivity contribution is 5.96. The smallest absolute Gasteiger partial charge is 0.327 e. The first-order valence-corrected chi connectivity index (χ1v) is 10.9. The average molecular weight is 488 g/mol. The van der Waals surface area contributed by atoms with Crippen LogP contribution in [-0.4, -0.2) is 38.0 Å². The molecule has 182 valence electrons. The van der Waals surface area contributed by atoms with E-state index in [-0.39, 0.29) is 36.4 Å². The van der Waals surface area contributed by atoms with Gasteiger partial charge in [0.05, 0.1) is 17.6 Å². The number of rotatable bonds is 3. The lowest BCUT2D eigenvalue weighted by atomic mass is 9.93. The molecule has 12 heteroatoms. The van der Waals surface area contributed by atoms with Gasteiger partial charge in [0.1, 0.15) is 5.82 Å². The van der Waals surface area contributed by atoms with Gasteiger partial charge in [-0.1, -0.05) is 24.3 Å². The molecule has 8 nitrogen and oxygen atoms in total. The lowest BCUT2D eigenvalue weighted by Crippen LogP contribution is -2.46. The van der Waals surface area contributed by atoms with Gasteiger partial charge in [0.2, 0.25) is 5.82 Å². The fraction of sp³-hybridized carbons (Fsp3) is 0.304. The molecule has 35 heavy (non-hydrogen) atoms. The van der Waals surface area contributed by atoms with Crippen LogP contribution in [0.2, 0.25) is 0 Å². The second-order valence-corrected chi connectivity index (χ2v) is 8.46. The van der Waals surface area contributed by atoms with Crippen molar-refractivity contribution in [3.05, 3.63) is 82.2 Å². The third-order valence-electron chi connectivity index (χ3n) is 6.34. The zero-order valence-corrected chi connectivity index (χ0v) is 18.4. The minimum Gasteiger partial charge on any atom is -0.327 e. The lowest BCUT2D eigenvalue weighted by Gasteiger charge is -2.34. The molecule has 2 atom stereocenters. The maximum atomic E-state index is 14.7. The number of benzene rings is 2. The number of halogens is 4. The summed E-state index contributed by atoms with van der Waals surface area (Å²) in [5.74, 6) is -2.77. The predicted molar refractivity (Wildman–Crippen MR) is 114 cm³/mol. The number of hydrogen-bond donors (Lipinski definition) is 2. The Morgan fingerprint density at radius 2 is 1.91 bits per heavy atom. The maximum absolute atomic E-state index is 14.7. The van der Waals surface area contributed by atoms with Gasteiger partial charge in [-0.15, -0.1) is 10.2 Å². The molecule has 2 unspecified atom stereocenters. The number of alkyl halides is 3. The average Bonchev–Trinajstić information content (AvgIpc) is 3.28. The largest absolute Gasteiger partial charge is 0.451 e. The van der Waals surface area contributed by atoms with Crippen LogP contribution in [-0.2, 0) is 19.1 Å². The number of aromatic nitrogens is 3. The molecule has 0 bridgehead atoms. The van der Waals surface area contributed by atoms with Gasteiger partial charge in [0, 0.05) is 18.7 Å². The maximum Gasteiger partial charge on any atom is 0.451 e. The van der Waals surface area contributed by atoms with E-state index in [1.807, 2.05) is 12.1 Å². The molecule has 5 rings (SSSR count). The Morgan fingerprint density at radius 1 is 1.14 bits per heavy atom. The Hall–Kier alpha value is -3.80. The molecule has 2 aliphatic rings. The van der Waals surface area contributed by atoms with E-state index in [1.165, 1.54) is 24.0 Å². The fourth-order valence-corrected chi connectivity index (χ4v) is 4.59. The van der Waals surface area contributed by atoms with E-state index in [4.69, 9.17) is 0 Å². The zero-order valence-electron chi connectivity index (χ0n) is 18.4. The van der Waals surface area contributed by atoms with Gasteiger partial charge in [-0.2, -0.15) is 13.2 Å². The zero-order chi connectivity index (χ0) is 24.9. The van der Waals surface area contributed by atoms with Crippen molar-refractivity contribution in [2.45, 2.75) is 38.1 Å². The van der Waals surface area contributed by atoms with E-state index in [9.17, 15) is 27.2 Å². The first kappa shape index (κ1) is 23.0. The Kier molecular flexibility index (Phi) is 5.55. The first-order valence-electron chi connectivity index (χ1n) is 10.9. The van der Waals surface area contributed by atoms with E-state index < -0.39 is 29.8 Å². The Labute approximate surface area is 196 Å². The second-order valence-electron chi connectivity index (χ2n) is 8.46. The summed E-state index contributed by atoms with van der Waals surface area (Å²) in [7, 11) is 0. The van der Waals surface area contributed by atoms with Crippen molar-refractivity contribution in [3.63, 3.8) is 0 Å². The van der Waals surface area contributed by atoms with Crippen molar-refractivity contribution in [2.24, 2.45) is 0 Å². The summed E-state index contributed by atoms with van der Waals surface area (Å²) >= 11 is 0. The Balaban J connectivity index is 1.40. The topological polar surface area (TPSA) is 92.2 Å². The number of carbonyl (C=O) groups excluding carboxylic acids is 2. The summed E-state index contributed by atoms with van der Waals surface area (Å²) in [4.78, 5) is 26.6. The summed E-state index contributed by atoms with van der Waals surface area (Å²) in [6.07, 6.45) is -4.31. The lowest BCUT2D eigenvalue weighted by molar-refractivity contribution is -0.148. The molecule has 0 fully saturated rings. The number of nitrogens with zero attached hydrogens (tertiary/aromatic N) is 4. The SMILES string of the molecule is CC1c2nnc(C(F)(F)F)n2CCN1C(=O)c1cc(CC2NNC(=O)c3ccccc32)ccc1F. The molecule has 0 aliphatic carbocycles. The van der Waals surface area contributed by atoms with Crippen molar-refractivity contribution in [3.8, 4) is 0 Å². The van der Waals surface area contributed by atoms with Crippen LogP contribution >= 0.6 is 0 Å². The Morgan fingerprint density at radius 3 is 2.69 bits per heavy atom. The van der Waals surface area contributed by atoms with Crippen LogP contribution < -0.4 is 10.9 Å². The van der Waals surface area contributed by atoms with Crippen LogP contribution in [0.15, 0.2) is 42.5 Å². The van der Waals surface area contributed by atoms with Crippen LogP contribution in [0.25, 0.3) is 0 Å². The molecule has 2 N–H and O–H groups in total. The first-order chi connectivity index (χ1) is 16.6. The van der Waals surface area contributed by atoms with E-state index >= 15 is 0 Å². The van der Waals surface area contributed by atoms with Crippen LogP contribution in [0, 0.1) is 5.82 Å². The van der Waals surface area contributed by atoms with Crippen LogP contribution in [0.3, 0.4) is 0 Å². The summed E-state index contributed by atoms with van der Waals surface area (Å²) in [5, 5.41) is 6.88. The third kappa shape index (κ3) is 4.03. The fourth-order valence-electron chi connectivity index (χ4n) is 4.59. The summed E-state index contributed by atoms with van der Waals surface area (Å²) in [6, 6.07) is 10.1. The van der Waals surface area contributed by atoms with Gasteiger partial charge >= 0.3 is 6.18 Å². The molecule has 1 aromatic heterocycles. The summed E-state index contributed by atoms with van der Waals surface area (Å²) in [5.41, 5.74) is 7.30. The number of amides is 2. The van der Waals surface area contributed by atoms with Gasteiger partial charge in [-0.25, -0.2) is 9.82 Å². The van der Waals surface area contributed by atoms with Gasteiger partial charge in [0.25, 0.3) is 11.8 Å². The van der Waals surface area contributed by atoms with Gasteiger partial charge in [-0.05, 0) is 42.7 Å². The molecule has 0 spiro atoms. The molecule has 0 saturated carbocycles. The minimum atomic E-state index is -4.66. The molecule has 2 aliphatic heterocycles. The minimum absolute atomic E-state index is 0.00718. The van der Waals surface area contributed by atoms with Crippen LogP contribution in [0.5, 0.6) is 0 Å². The quantitative estimate of drug-likeness (QED) is 0.553. The predicted octanol–water partition coefficient (Wildman–Crippen LogP) is 3.18. The summed E-state index contributed by atoms with van der Waals surface area (Å²) in [6.45, 7) is 1.32. The van der Waals surface area contributed by atoms with E-state index in [0.717, 1.165) is 10.1 Å². The standard InChI is InChI=1S/C23H20F4N6O2/c1-12-19-29-31-22(23(25,26)27)33(19)9-8-32(12)21(35)16-10-13(6-7-17(16)24)11-18-14-4-2-3-5-15(14)20(34)30-28-18/h2-7,10,12,18,28H,8-9,11H2,1H3,(H,30,34). The van der Waals surface area contributed by atoms with Gasteiger partial charge in [0.15, 0.2) is 5.82 Å². The van der Waals surface area contributed by atoms with E-state index in [2.05, 4.69) is 21.0 Å². The number of fused-ring (bicyclic) bond motifs is 2. The third-order valence-corrected chi connectivity index (χ3v) is 6.34. The molecule has 3 aromatic rings. The highest BCUT2D eigenvalue weighted by Crippen LogP contribution is 2.33. The summed E-state index contributed by atoms with van der Waals surface area (Å²) < 4.78 is 55.2. The van der Waals surface area contributed by atoms with Crippen molar-refractivity contribution < 1.29 is 27.2 Å². The van der Waals surface area contributed by atoms with Gasteiger partial charge < -0.3 is 9.47 Å². The van der Waals surface area contributed by atoms with Crippen LogP contribution in [0.1, 0.15) is 62.5 Å². The molecule has 2 amide bonds.